The predicted molar refractivity (Wildman–Crippen MR) is 79.3 cm³/mol. The molecule has 2 rings (SSSR count). The van der Waals surface area contributed by atoms with Crippen molar-refractivity contribution < 1.29 is 19.8 Å². The van der Waals surface area contributed by atoms with Crippen LogP contribution >= 0.6 is 34.7 Å². The van der Waals surface area contributed by atoms with Crippen LogP contribution in [-0.4, -0.2) is 51.4 Å². The van der Waals surface area contributed by atoms with Gasteiger partial charge in [0.15, 0.2) is 0 Å². The molecule has 0 bridgehead atoms. The van der Waals surface area contributed by atoms with Crippen molar-refractivity contribution in [2.24, 2.45) is 0 Å². The summed E-state index contributed by atoms with van der Waals surface area (Å²) in [5.41, 5.74) is 0. The van der Waals surface area contributed by atoms with E-state index in [1.54, 1.807) is 6.07 Å². The fourth-order valence-corrected chi connectivity index (χ4v) is 4.18. The Morgan fingerprint density at radius 2 is 2.25 bits per heavy atom. The monoisotopic (exact) mass is 335 g/mol. The molecule has 0 aliphatic carbocycles. The summed E-state index contributed by atoms with van der Waals surface area (Å²) in [4.78, 5) is 25.4. The first-order chi connectivity index (χ1) is 9.47. The van der Waals surface area contributed by atoms with Gasteiger partial charge >= 0.3 is 5.97 Å². The highest BCUT2D eigenvalue weighted by molar-refractivity contribution is 7.99. The molecule has 1 aliphatic rings. The Labute approximate surface area is 129 Å². The van der Waals surface area contributed by atoms with Crippen LogP contribution in [0.1, 0.15) is 11.3 Å². The zero-order chi connectivity index (χ0) is 14.7. The van der Waals surface area contributed by atoms with Crippen molar-refractivity contribution in [1.82, 2.24) is 4.90 Å². The summed E-state index contributed by atoms with van der Waals surface area (Å²) in [7, 11) is 0. The smallest absolute Gasteiger partial charge is 0.326 e. The number of rotatable bonds is 5. The molecule has 20 heavy (non-hydrogen) atoms. The number of likely N-dealkylation sites (tertiary alicyclic amines) is 1. The van der Waals surface area contributed by atoms with E-state index in [1.807, 2.05) is 6.07 Å². The number of aliphatic carboxylic acids is 1. The third kappa shape index (κ3) is 3.88. The van der Waals surface area contributed by atoms with Gasteiger partial charge < -0.3 is 15.1 Å². The number of thioether (sulfide) groups is 1. The summed E-state index contributed by atoms with van der Waals surface area (Å²) in [6.07, 6.45) is -0.645. The first-order valence-corrected chi connectivity index (χ1v) is 8.34. The zero-order valence-electron chi connectivity index (χ0n) is 10.5. The molecule has 1 unspecified atom stereocenters. The number of carbonyl (C=O) groups excluding carboxylic acids is 1. The lowest BCUT2D eigenvalue weighted by molar-refractivity contribution is -0.147. The van der Waals surface area contributed by atoms with E-state index in [0.29, 0.717) is 10.1 Å². The quantitative estimate of drug-likeness (QED) is 0.856. The molecule has 2 heterocycles. The van der Waals surface area contributed by atoms with Gasteiger partial charge in [0, 0.05) is 23.6 Å². The molecule has 1 aliphatic heterocycles. The summed E-state index contributed by atoms with van der Waals surface area (Å²) < 4.78 is 0.709. The Bertz CT molecular complexity index is 507. The number of hydrogen-bond acceptors (Lipinski definition) is 5. The lowest BCUT2D eigenvalue weighted by Gasteiger charge is -2.20. The maximum absolute atomic E-state index is 12.0. The molecule has 5 nitrogen and oxygen atoms in total. The minimum Gasteiger partial charge on any atom is -0.480 e. The van der Waals surface area contributed by atoms with E-state index < -0.39 is 18.1 Å². The van der Waals surface area contributed by atoms with Crippen molar-refractivity contribution in [3.8, 4) is 0 Å². The Hall–Kier alpha value is -0.760. The van der Waals surface area contributed by atoms with Gasteiger partial charge in [-0.15, -0.1) is 23.1 Å². The maximum atomic E-state index is 12.0. The van der Waals surface area contributed by atoms with Gasteiger partial charge in [0.25, 0.3) is 0 Å². The van der Waals surface area contributed by atoms with Crippen LogP contribution in [0.5, 0.6) is 0 Å². The van der Waals surface area contributed by atoms with Gasteiger partial charge in [-0.25, -0.2) is 4.79 Å². The van der Waals surface area contributed by atoms with E-state index >= 15 is 0 Å². The largest absolute Gasteiger partial charge is 0.480 e. The molecule has 0 spiro atoms. The van der Waals surface area contributed by atoms with Crippen molar-refractivity contribution in [3.05, 3.63) is 21.3 Å². The van der Waals surface area contributed by atoms with Gasteiger partial charge in [-0.1, -0.05) is 11.6 Å². The van der Waals surface area contributed by atoms with Crippen molar-refractivity contribution >= 4 is 46.6 Å². The third-order valence-corrected chi connectivity index (χ3v) is 5.36. The van der Waals surface area contributed by atoms with E-state index in [4.69, 9.17) is 16.7 Å². The van der Waals surface area contributed by atoms with Crippen LogP contribution < -0.4 is 0 Å². The fraction of sp³-hybridized carbons (Fsp3) is 0.500. The lowest BCUT2D eigenvalue weighted by Crippen LogP contribution is -2.41. The highest BCUT2D eigenvalue weighted by Crippen LogP contribution is 2.26. The number of carbonyl (C=O) groups is 2. The van der Waals surface area contributed by atoms with Gasteiger partial charge in [-0.2, -0.15) is 0 Å². The number of halogens is 1. The van der Waals surface area contributed by atoms with E-state index in [-0.39, 0.29) is 24.6 Å². The molecule has 1 fully saturated rings. The van der Waals surface area contributed by atoms with Crippen LogP contribution in [0.25, 0.3) is 0 Å². The number of β-amino-alcohol motifs (C(OH)–C–C–N with tert-alkyl or cyclic N) is 1. The highest BCUT2D eigenvalue weighted by Gasteiger charge is 2.38. The molecular weight excluding hydrogens is 322 g/mol. The summed E-state index contributed by atoms with van der Waals surface area (Å²) in [6, 6.07) is 2.81. The standard InChI is InChI=1S/C12H14ClNO4S2/c13-10-2-1-8(20-10)5-19-6-11(16)14-4-7(15)3-9(14)12(17)18/h1-2,7,9,15H,3-6H2,(H,17,18)/t7?,9-/m0/s1. The van der Waals surface area contributed by atoms with Crippen molar-refractivity contribution in [2.75, 3.05) is 12.3 Å². The van der Waals surface area contributed by atoms with Crippen LogP contribution in [0.2, 0.25) is 4.34 Å². The normalized spacial score (nSPS) is 22.2. The molecule has 2 N–H and O–H groups in total. The first kappa shape index (κ1) is 15.6. The van der Waals surface area contributed by atoms with Crippen molar-refractivity contribution in [1.29, 1.82) is 0 Å². The maximum Gasteiger partial charge on any atom is 0.326 e. The second-order valence-electron chi connectivity index (χ2n) is 4.49. The van der Waals surface area contributed by atoms with Gasteiger partial charge in [-0.05, 0) is 12.1 Å². The number of aliphatic hydroxyl groups excluding tert-OH is 1. The van der Waals surface area contributed by atoms with E-state index in [9.17, 15) is 14.7 Å². The summed E-state index contributed by atoms with van der Waals surface area (Å²) in [6.45, 7) is 0.0984. The van der Waals surface area contributed by atoms with Crippen LogP contribution in [-0.2, 0) is 15.3 Å². The lowest BCUT2D eigenvalue weighted by atomic mass is 10.2. The molecular formula is C12H14ClNO4S2. The number of carboxylic acids is 1. The molecule has 8 heteroatoms. The van der Waals surface area contributed by atoms with Crippen LogP contribution in [0.4, 0.5) is 0 Å². The molecule has 1 saturated heterocycles. The average molecular weight is 336 g/mol. The minimum absolute atomic E-state index is 0.0984. The number of hydrogen-bond donors (Lipinski definition) is 2. The molecule has 2 atom stereocenters. The predicted octanol–water partition coefficient (Wildman–Crippen LogP) is 1.68. The molecule has 0 radical (unpaired) electrons. The Morgan fingerprint density at radius 1 is 1.50 bits per heavy atom. The third-order valence-electron chi connectivity index (χ3n) is 2.98. The number of thiophene rings is 1. The topological polar surface area (TPSA) is 77.8 Å². The Kier molecular flexibility index (Phi) is 5.31. The van der Waals surface area contributed by atoms with Crippen molar-refractivity contribution in [2.45, 2.75) is 24.3 Å². The van der Waals surface area contributed by atoms with Gasteiger partial charge in [0.1, 0.15) is 6.04 Å². The molecule has 0 saturated carbocycles. The van der Waals surface area contributed by atoms with Crippen molar-refractivity contribution in [3.63, 3.8) is 0 Å². The SMILES string of the molecule is O=C(O)[C@@H]1CC(O)CN1C(=O)CSCc1ccc(Cl)s1. The number of carboxylic acid groups (broad SMARTS) is 1. The molecule has 1 aromatic heterocycles. The van der Waals surface area contributed by atoms with E-state index in [0.717, 1.165) is 4.88 Å². The second-order valence-corrected chi connectivity index (χ2v) is 7.27. The molecule has 1 aromatic rings. The van der Waals surface area contributed by atoms with Gasteiger partial charge in [-0.3, -0.25) is 4.79 Å². The number of nitrogens with zero attached hydrogens (tertiary/aromatic N) is 1. The Balaban J connectivity index is 1.83. The highest BCUT2D eigenvalue weighted by atomic mass is 35.5. The summed E-state index contributed by atoms with van der Waals surface area (Å²) in [5, 5.41) is 18.5. The van der Waals surface area contributed by atoms with Gasteiger partial charge in [0.2, 0.25) is 5.91 Å². The zero-order valence-corrected chi connectivity index (χ0v) is 12.9. The molecule has 0 aromatic carbocycles. The van der Waals surface area contributed by atoms with E-state index in [2.05, 4.69) is 0 Å². The minimum atomic E-state index is -1.06. The average Bonchev–Trinajstić information content (AvgIpc) is 2.95. The fourth-order valence-electron chi connectivity index (χ4n) is 2.07. The summed E-state index contributed by atoms with van der Waals surface area (Å²) in [5.74, 6) is -0.449. The van der Waals surface area contributed by atoms with Crippen LogP contribution in [0.15, 0.2) is 12.1 Å². The van der Waals surface area contributed by atoms with Crippen LogP contribution in [0, 0.1) is 0 Å². The number of amides is 1. The second kappa shape index (κ2) is 6.80. The number of aliphatic hydroxyl groups is 1. The van der Waals surface area contributed by atoms with Gasteiger partial charge in [0.05, 0.1) is 16.2 Å². The summed E-state index contributed by atoms with van der Waals surface area (Å²) >= 11 is 8.70. The Morgan fingerprint density at radius 3 is 2.85 bits per heavy atom. The first-order valence-electron chi connectivity index (χ1n) is 5.99. The van der Waals surface area contributed by atoms with E-state index in [1.165, 1.54) is 28.0 Å². The molecule has 1 amide bonds. The van der Waals surface area contributed by atoms with Crippen LogP contribution in [0.3, 0.4) is 0 Å². The molecule has 110 valence electrons.